The summed E-state index contributed by atoms with van der Waals surface area (Å²) in [6.07, 6.45) is 1.00. The Morgan fingerprint density at radius 2 is 2.20 bits per heavy atom. The summed E-state index contributed by atoms with van der Waals surface area (Å²) in [4.78, 5) is 23.2. The Hall–Kier alpha value is -1.82. The molecule has 0 fully saturated rings. The molecule has 2 N–H and O–H groups in total. The van der Waals surface area contributed by atoms with Gasteiger partial charge in [0, 0.05) is 19.7 Å². The third kappa shape index (κ3) is 2.57. The highest BCUT2D eigenvalue weighted by atomic mass is 16.4. The fourth-order valence-electron chi connectivity index (χ4n) is 1.00. The van der Waals surface area contributed by atoms with Crippen LogP contribution >= 0.6 is 0 Å². The second-order valence-corrected chi connectivity index (χ2v) is 2.96. The van der Waals surface area contributed by atoms with Crippen LogP contribution in [0, 0.1) is 0 Å². The predicted octanol–water partition coefficient (Wildman–Crippen LogP) is 0.0421. The van der Waals surface area contributed by atoms with Crippen molar-refractivity contribution in [3.05, 3.63) is 23.7 Å². The number of carboxylic acids is 1. The van der Waals surface area contributed by atoms with Crippen LogP contribution in [0.2, 0.25) is 0 Å². The molecule has 0 aliphatic rings. The molecule has 0 saturated carbocycles. The van der Waals surface area contributed by atoms with E-state index in [0.29, 0.717) is 0 Å². The lowest BCUT2D eigenvalue weighted by atomic mass is 10.3. The Morgan fingerprint density at radius 1 is 1.53 bits per heavy atom. The number of hydrogen-bond acceptors (Lipinski definition) is 4. The quantitative estimate of drug-likeness (QED) is 0.736. The van der Waals surface area contributed by atoms with Crippen LogP contribution < -0.4 is 0 Å². The number of amides is 1. The van der Waals surface area contributed by atoms with E-state index in [9.17, 15) is 9.59 Å². The minimum Gasteiger partial charge on any atom is -0.478 e. The summed E-state index contributed by atoms with van der Waals surface area (Å²) in [6, 6.07) is 1.15. The monoisotopic (exact) mass is 213 g/mol. The van der Waals surface area contributed by atoms with Crippen molar-refractivity contribution in [3.8, 4) is 0 Å². The lowest BCUT2D eigenvalue weighted by Crippen LogP contribution is -2.29. The molecule has 1 amide bonds. The number of hydrogen-bond donors (Lipinski definition) is 2. The number of nitrogens with zero attached hydrogens (tertiary/aromatic N) is 1. The summed E-state index contributed by atoms with van der Waals surface area (Å²) in [5, 5.41) is 17.2. The first-order valence-electron chi connectivity index (χ1n) is 4.24. The van der Waals surface area contributed by atoms with E-state index in [1.165, 1.54) is 11.9 Å². The smallest absolute Gasteiger partial charge is 0.338 e. The van der Waals surface area contributed by atoms with Crippen molar-refractivity contribution in [3.63, 3.8) is 0 Å². The van der Waals surface area contributed by atoms with Gasteiger partial charge in [-0.05, 0) is 0 Å². The standard InChI is InChI=1S/C9H11NO5/c1-10(2-3-11)8(12)7-4-6(5-15-7)9(13)14/h4-5,11H,2-3H2,1H3,(H,13,14). The molecule has 0 aliphatic heterocycles. The van der Waals surface area contributed by atoms with E-state index in [4.69, 9.17) is 14.6 Å². The SMILES string of the molecule is CN(CCO)C(=O)c1cc(C(=O)O)co1. The maximum atomic E-state index is 11.5. The highest BCUT2D eigenvalue weighted by Crippen LogP contribution is 2.09. The van der Waals surface area contributed by atoms with Crippen LogP contribution in [0.3, 0.4) is 0 Å². The zero-order chi connectivity index (χ0) is 11.4. The summed E-state index contributed by atoms with van der Waals surface area (Å²) < 4.78 is 4.80. The van der Waals surface area contributed by atoms with E-state index in [-0.39, 0.29) is 24.5 Å². The summed E-state index contributed by atoms with van der Waals surface area (Å²) in [5.41, 5.74) is -0.0734. The van der Waals surface area contributed by atoms with Gasteiger partial charge in [0.15, 0.2) is 5.76 Å². The van der Waals surface area contributed by atoms with Crippen molar-refractivity contribution >= 4 is 11.9 Å². The molecule has 0 bridgehead atoms. The minimum absolute atomic E-state index is 0.0525. The Balaban J connectivity index is 2.78. The van der Waals surface area contributed by atoms with Crippen molar-refractivity contribution in [2.45, 2.75) is 0 Å². The van der Waals surface area contributed by atoms with Gasteiger partial charge in [0.05, 0.1) is 12.2 Å². The number of carbonyl (C=O) groups excluding carboxylic acids is 1. The van der Waals surface area contributed by atoms with Gasteiger partial charge in [-0.3, -0.25) is 4.79 Å². The van der Waals surface area contributed by atoms with Gasteiger partial charge in [-0.1, -0.05) is 0 Å². The van der Waals surface area contributed by atoms with E-state index in [1.807, 2.05) is 0 Å². The lowest BCUT2D eigenvalue weighted by molar-refractivity contribution is 0.0694. The largest absolute Gasteiger partial charge is 0.478 e. The van der Waals surface area contributed by atoms with Gasteiger partial charge in [-0.25, -0.2) is 4.79 Å². The molecule has 1 aromatic heterocycles. The molecule has 0 aliphatic carbocycles. The number of aliphatic hydroxyl groups is 1. The van der Waals surface area contributed by atoms with E-state index in [1.54, 1.807) is 0 Å². The minimum atomic E-state index is -1.15. The van der Waals surface area contributed by atoms with Gasteiger partial charge in [0.1, 0.15) is 6.26 Å². The maximum absolute atomic E-state index is 11.5. The highest BCUT2D eigenvalue weighted by Gasteiger charge is 2.17. The first-order valence-corrected chi connectivity index (χ1v) is 4.24. The molecule has 1 rings (SSSR count). The van der Waals surface area contributed by atoms with Crippen molar-refractivity contribution < 1.29 is 24.2 Å². The zero-order valence-electron chi connectivity index (χ0n) is 8.14. The van der Waals surface area contributed by atoms with Crippen molar-refractivity contribution in [2.24, 2.45) is 0 Å². The van der Waals surface area contributed by atoms with Gasteiger partial charge in [0.2, 0.25) is 0 Å². The number of likely N-dealkylation sites (N-methyl/N-ethyl adjacent to an activating group) is 1. The molecule has 6 nitrogen and oxygen atoms in total. The molecular formula is C9H11NO5. The molecule has 82 valence electrons. The number of aliphatic hydroxyl groups excluding tert-OH is 1. The Labute approximate surface area is 85.7 Å². The first kappa shape index (κ1) is 11.3. The Morgan fingerprint density at radius 3 is 2.67 bits per heavy atom. The van der Waals surface area contributed by atoms with E-state index in [0.717, 1.165) is 12.3 Å². The first-order chi connectivity index (χ1) is 7.06. The van der Waals surface area contributed by atoms with Crippen LogP contribution in [0.5, 0.6) is 0 Å². The van der Waals surface area contributed by atoms with Gasteiger partial charge in [-0.2, -0.15) is 0 Å². The van der Waals surface area contributed by atoms with Gasteiger partial charge in [-0.15, -0.1) is 0 Å². The third-order valence-electron chi connectivity index (χ3n) is 1.84. The highest BCUT2D eigenvalue weighted by molar-refractivity contribution is 5.95. The van der Waals surface area contributed by atoms with Crippen LogP contribution in [0.25, 0.3) is 0 Å². The lowest BCUT2D eigenvalue weighted by Gasteiger charge is -2.13. The number of carboxylic acid groups (broad SMARTS) is 1. The van der Waals surface area contributed by atoms with Gasteiger partial charge in [0.25, 0.3) is 5.91 Å². The van der Waals surface area contributed by atoms with E-state index in [2.05, 4.69) is 0 Å². The summed E-state index contributed by atoms with van der Waals surface area (Å²) >= 11 is 0. The van der Waals surface area contributed by atoms with Crippen LogP contribution in [0.1, 0.15) is 20.9 Å². The number of aromatic carboxylic acids is 1. The number of carbonyl (C=O) groups is 2. The third-order valence-corrected chi connectivity index (χ3v) is 1.84. The molecule has 15 heavy (non-hydrogen) atoms. The average molecular weight is 213 g/mol. The second-order valence-electron chi connectivity index (χ2n) is 2.96. The normalized spacial score (nSPS) is 10.0. The summed E-state index contributed by atoms with van der Waals surface area (Å²) in [7, 11) is 1.49. The molecule has 0 radical (unpaired) electrons. The van der Waals surface area contributed by atoms with Crippen molar-refractivity contribution in [1.29, 1.82) is 0 Å². The number of rotatable bonds is 4. The van der Waals surface area contributed by atoms with Crippen LogP contribution in [0.4, 0.5) is 0 Å². The van der Waals surface area contributed by atoms with Crippen molar-refractivity contribution in [1.82, 2.24) is 4.90 Å². The van der Waals surface area contributed by atoms with Gasteiger partial charge < -0.3 is 19.5 Å². The molecule has 0 saturated heterocycles. The second kappa shape index (κ2) is 4.61. The average Bonchev–Trinajstić information content (AvgIpc) is 2.65. The molecule has 0 unspecified atom stereocenters. The topological polar surface area (TPSA) is 91.0 Å². The van der Waals surface area contributed by atoms with Gasteiger partial charge >= 0.3 is 5.97 Å². The fourth-order valence-corrected chi connectivity index (χ4v) is 1.00. The Kier molecular flexibility index (Phi) is 3.46. The molecule has 1 aromatic rings. The molecular weight excluding hydrogens is 202 g/mol. The molecule has 0 spiro atoms. The Bertz CT molecular complexity index is 370. The van der Waals surface area contributed by atoms with E-state index >= 15 is 0 Å². The summed E-state index contributed by atoms with van der Waals surface area (Å²) in [5.74, 6) is -1.66. The molecule has 0 aromatic carbocycles. The summed E-state index contributed by atoms with van der Waals surface area (Å²) in [6.45, 7) is 0.0106. The number of furan rings is 1. The zero-order valence-corrected chi connectivity index (χ0v) is 8.14. The maximum Gasteiger partial charge on any atom is 0.338 e. The molecule has 0 atom stereocenters. The van der Waals surface area contributed by atoms with Crippen LogP contribution in [-0.2, 0) is 0 Å². The van der Waals surface area contributed by atoms with Crippen LogP contribution in [0.15, 0.2) is 16.7 Å². The van der Waals surface area contributed by atoms with Crippen LogP contribution in [-0.4, -0.2) is 47.2 Å². The fraction of sp³-hybridized carbons (Fsp3) is 0.333. The van der Waals surface area contributed by atoms with Crippen molar-refractivity contribution in [2.75, 3.05) is 20.2 Å². The molecule has 6 heteroatoms. The van der Waals surface area contributed by atoms with E-state index < -0.39 is 11.9 Å². The predicted molar refractivity (Wildman–Crippen MR) is 49.7 cm³/mol. The molecule has 1 heterocycles.